The van der Waals surface area contributed by atoms with E-state index in [-0.39, 0.29) is 6.42 Å². The molecule has 208 valence electrons. The molecule has 14 nitrogen and oxygen atoms in total. The highest BCUT2D eigenvalue weighted by Gasteiger charge is 2.56. The van der Waals surface area contributed by atoms with Crippen molar-refractivity contribution in [1.29, 1.82) is 0 Å². The Hall–Kier alpha value is -3.20. The first-order chi connectivity index (χ1) is 17.2. The first kappa shape index (κ1) is 31.8. The van der Waals surface area contributed by atoms with Gasteiger partial charge in [0.1, 0.15) is 18.8 Å². The van der Waals surface area contributed by atoms with Crippen LogP contribution in [0.2, 0.25) is 0 Å². The summed E-state index contributed by atoms with van der Waals surface area (Å²) in [7, 11) is 1.07. The second-order valence-electron chi connectivity index (χ2n) is 7.99. The van der Waals surface area contributed by atoms with E-state index in [9.17, 15) is 33.6 Å². The summed E-state index contributed by atoms with van der Waals surface area (Å²) < 4.78 is 31.1. The fraction of sp³-hybridized carbons (Fsp3) is 0.682. The van der Waals surface area contributed by atoms with E-state index < -0.39 is 89.8 Å². The molecule has 5 atom stereocenters. The van der Waals surface area contributed by atoms with E-state index in [2.05, 4.69) is 5.32 Å². The molecule has 0 aromatic heterocycles. The van der Waals surface area contributed by atoms with Crippen molar-refractivity contribution in [3.63, 3.8) is 0 Å². The number of esters is 5. The molecule has 0 bridgehead atoms. The minimum atomic E-state index is -2.00. The van der Waals surface area contributed by atoms with Gasteiger partial charge < -0.3 is 33.7 Å². The molecule has 1 amide bonds. The van der Waals surface area contributed by atoms with E-state index in [1.807, 2.05) is 0 Å². The molecule has 0 unspecified atom stereocenters. The number of thioether (sulfide) groups is 1. The second-order valence-corrected chi connectivity index (χ2v) is 9.43. The maximum Gasteiger partial charge on any atom is 0.349 e. The SMILES string of the molecule is COC(=O)[C@]1(SC(C)=O)C[C@H](OC(C)=O)[C@@H](NC(=O)COC(C)=O)[C@H](C[C@@H](COC(C)=O)OC(C)=O)O1. The van der Waals surface area contributed by atoms with Gasteiger partial charge in [0, 0.05) is 47.5 Å². The number of carbonyl (C=O) groups is 7. The molecule has 1 saturated heterocycles. The molecule has 0 radical (unpaired) electrons. The Kier molecular flexibility index (Phi) is 12.5. The Morgan fingerprint density at radius 2 is 1.57 bits per heavy atom. The van der Waals surface area contributed by atoms with Gasteiger partial charge in [-0.05, 0) is 11.8 Å². The Balaban J connectivity index is 3.51. The fourth-order valence-corrected chi connectivity index (χ4v) is 4.63. The molecule has 0 spiro atoms. The molecule has 0 aromatic carbocycles. The van der Waals surface area contributed by atoms with Crippen molar-refractivity contribution in [3.05, 3.63) is 0 Å². The molecule has 1 N–H and O–H groups in total. The molecule has 1 rings (SSSR count). The number of methoxy groups -OCH3 is 1. The zero-order valence-electron chi connectivity index (χ0n) is 21.4. The van der Waals surface area contributed by atoms with Crippen LogP contribution in [0.3, 0.4) is 0 Å². The predicted octanol–water partition coefficient (Wildman–Crippen LogP) is -0.211. The van der Waals surface area contributed by atoms with E-state index in [0.717, 1.165) is 34.8 Å². The summed E-state index contributed by atoms with van der Waals surface area (Å²) in [5.41, 5.74) is 0. The Labute approximate surface area is 217 Å². The van der Waals surface area contributed by atoms with Crippen LogP contribution in [-0.2, 0) is 62.0 Å². The van der Waals surface area contributed by atoms with Crippen molar-refractivity contribution >= 4 is 52.6 Å². The molecule has 1 aliphatic rings. The van der Waals surface area contributed by atoms with Crippen molar-refractivity contribution in [2.45, 2.75) is 76.7 Å². The van der Waals surface area contributed by atoms with Gasteiger partial charge in [-0.15, -0.1) is 0 Å². The van der Waals surface area contributed by atoms with Crippen LogP contribution >= 0.6 is 11.8 Å². The molecular weight excluding hydrogens is 518 g/mol. The van der Waals surface area contributed by atoms with Gasteiger partial charge in [-0.25, -0.2) is 4.79 Å². The Morgan fingerprint density at radius 3 is 2.05 bits per heavy atom. The van der Waals surface area contributed by atoms with Crippen LogP contribution in [0.15, 0.2) is 0 Å². The molecule has 1 heterocycles. The van der Waals surface area contributed by atoms with Crippen molar-refractivity contribution in [1.82, 2.24) is 5.32 Å². The zero-order valence-corrected chi connectivity index (χ0v) is 22.2. The highest BCUT2D eigenvalue weighted by atomic mass is 32.2. The smallest absolute Gasteiger partial charge is 0.349 e. The minimum absolute atomic E-state index is 0.277. The number of hydrogen-bond acceptors (Lipinski definition) is 14. The first-order valence-corrected chi connectivity index (χ1v) is 11.9. The van der Waals surface area contributed by atoms with Crippen LogP contribution in [0.5, 0.6) is 0 Å². The lowest BCUT2D eigenvalue weighted by Gasteiger charge is -2.46. The lowest BCUT2D eigenvalue weighted by Crippen LogP contribution is -2.64. The van der Waals surface area contributed by atoms with Gasteiger partial charge in [-0.2, -0.15) is 0 Å². The topological polar surface area (TPSA) is 187 Å². The monoisotopic (exact) mass is 549 g/mol. The lowest BCUT2D eigenvalue weighted by atomic mass is 9.91. The highest BCUT2D eigenvalue weighted by Crippen LogP contribution is 2.42. The van der Waals surface area contributed by atoms with Crippen molar-refractivity contribution in [2.24, 2.45) is 0 Å². The molecule has 0 aliphatic carbocycles. The average molecular weight is 550 g/mol. The molecule has 37 heavy (non-hydrogen) atoms. The van der Waals surface area contributed by atoms with E-state index in [1.54, 1.807) is 0 Å². The minimum Gasteiger partial charge on any atom is -0.466 e. The second kappa shape index (κ2) is 14.5. The van der Waals surface area contributed by atoms with E-state index in [0.29, 0.717) is 11.8 Å². The van der Waals surface area contributed by atoms with Crippen LogP contribution in [0.25, 0.3) is 0 Å². The van der Waals surface area contributed by atoms with E-state index >= 15 is 0 Å². The van der Waals surface area contributed by atoms with Crippen molar-refractivity contribution in [2.75, 3.05) is 20.3 Å². The van der Waals surface area contributed by atoms with Crippen LogP contribution in [0.4, 0.5) is 0 Å². The highest BCUT2D eigenvalue weighted by molar-refractivity contribution is 8.15. The van der Waals surface area contributed by atoms with Gasteiger partial charge in [0.2, 0.25) is 4.93 Å². The normalized spacial score (nSPS) is 23.6. The molecule has 0 saturated carbocycles. The predicted molar refractivity (Wildman–Crippen MR) is 123 cm³/mol. The quantitative estimate of drug-likeness (QED) is 0.263. The lowest BCUT2D eigenvalue weighted by molar-refractivity contribution is -0.197. The number of nitrogens with one attached hydrogen (secondary N) is 1. The summed E-state index contributed by atoms with van der Waals surface area (Å²) >= 11 is 0.482. The van der Waals surface area contributed by atoms with Crippen molar-refractivity contribution < 1.29 is 62.0 Å². The summed E-state index contributed by atoms with van der Waals surface area (Å²) in [4.78, 5) is 81.4. The third-order valence-electron chi connectivity index (χ3n) is 4.77. The summed E-state index contributed by atoms with van der Waals surface area (Å²) in [6, 6.07) is -1.17. The zero-order chi connectivity index (χ0) is 28.3. The van der Waals surface area contributed by atoms with Crippen LogP contribution in [-0.4, -0.2) is 90.5 Å². The number of hydrogen-bond donors (Lipinski definition) is 1. The number of amides is 1. The maximum absolute atomic E-state index is 12.8. The van der Waals surface area contributed by atoms with Gasteiger partial charge in [0.05, 0.1) is 19.3 Å². The third kappa shape index (κ3) is 10.8. The molecule has 15 heteroatoms. The molecule has 1 aliphatic heterocycles. The molecular formula is C22H31NO13S. The number of carbonyl (C=O) groups excluding carboxylic acids is 7. The standard InChI is InChI=1S/C22H31NO13S/c1-11(24)32-9-16(34-13(3)26)7-17-20(23-19(29)10-33-12(2)25)18(35-14(4)27)8-22(36-17,21(30)31-6)37-15(5)28/h16-18,20H,7-10H2,1-6H3,(H,23,29)/t16-,17-,18-,20-,22+/m0/s1. The summed E-state index contributed by atoms with van der Waals surface area (Å²) in [5, 5.41) is 2.01. The molecule has 1 fully saturated rings. The number of rotatable bonds is 11. The summed E-state index contributed by atoms with van der Waals surface area (Å²) in [6.45, 7) is 4.58. The third-order valence-corrected chi connectivity index (χ3v) is 5.82. The van der Waals surface area contributed by atoms with Gasteiger partial charge >= 0.3 is 29.8 Å². The van der Waals surface area contributed by atoms with Gasteiger partial charge in [0.15, 0.2) is 11.7 Å². The van der Waals surface area contributed by atoms with Crippen LogP contribution < -0.4 is 5.32 Å². The Morgan fingerprint density at radius 1 is 0.946 bits per heavy atom. The number of ether oxygens (including phenoxy) is 6. The van der Waals surface area contributed by atoms with Gasteiger partial charge in [-0.1, -0.05) is 0 Å². The summed E-state index contributed by atoms with van der Waals surface area (Å²) in [6.07, 6.45) is -4.30. The largest absolute Gasteiger partial charge is 0.466 e. The fourth-order valence-electron chi connectivity index (χ4n) is 3.58. The summed E-state index contributed by atoms with van der Waals surface area (Å²) in [5.74, 6) is -4.64. The maximum atomic E-state index is 12.8. The van der Waals surface area contributed by atoms with Crippen molar-refractivity contribution in [3.8, 4) is 0 Å². The average Bonchev–Trinajstić information content (AvgIpc) is 2.76. The van der Waals surface area contributed by atoms with Crippen LogP contribution in [0.1, 0.15) is 47.5 Å². The van der Waals surface area contributed by atoms with Crippen LogP contribution in [0, 0.1) is 0 Å². The van der Waals surface area contributed by atoms with Gasteiger partial charge in [-0.3, -0.25) is 28.8 Å². The van der Waals surface area contributed by atoms with Gasteiger partial charge in [0.25, 0.3) is 5.91 Å². The van der Waals surface area contributed by atoms with E-state index in [4.69, 9.17) is 28.4 Å². The molecule has 0 aromatic rings. The van der Waals surface area contributed by atoms with E-state index in [1.165, 1.54) is 6.92 Å². The first-order valence-electron chi connectivity index (χ1n) is 11.1. The Bertz CT molecular complexity index is 907.